The Bertz CT molecular complexity index is 782. The van der Waals surface area contributed by atoms with Gasteiger partial charge in [0.15, 0.2) is 17.5 Å². The van der Waals surface area contributed by atoms with Gasteiger partial charge in [0.1, 0.15) is 18.1 Å². The quantitative estimate of drug-likeness (QED) is 0.676. The third-order valence-electron chi connectivity index (χ3n) is 3.15. The van der Waals surface area contributed by atoms with Crippen molar-refractivity contribution in [3.8, 4) is 17.0 Å². The monoisotopic (exact) mass is 319 g/mol. The number of ether oxygens (including phenoxy) is 1. The van der Waals surface area contributed by atoms with Gasteiger partial charge in [0.05, 0.1) is 12.7 Å². The molecule has 2 aromatic carbocycles. The Morgan fingerprint density at radius 3 is 2.39 bits per heavy atom. The topological polar surface area (TPSA) is 39.9 Å². The molecule has 0 fully saturated rings. The van der Waals surface area contributed by atoms with E-state index >= 15 is 0 Å². The molecule has 0 aliphatic heterocycles. The summed E-state index contributed by atoms with van der Waals surface area (Å²) in [4.78, 5) is 0. The molecule has 0 N–H and O–H groups in total. The molecule has 0 aliphatic carbocycles. The summed E-state index contributed by atoms with van der Waals surface area (Å²) < 4.78 is 46.4. The highest BCUT2D eigenvalue weighted by Gasteiger charge is 2.13. The van der Waals surface area contributed by atoms with Crippen LogP contribution in [0.1, 0.15) is 0 Å². The molecule has 1 heterocycles. The van der Waals surface area contributed by atoms with Crippen LogP contribution in [-0.4, -0.2) is 21.6 Å². The summed E-state index contributed by atoms with van der Waals surface area (Å²) in [6.07, 6.45) is 1.51. The normalized spacial score (nSPS) is 10.7. The van der Waals surface area contributed by atoms with Gasteiger partial charge in [-0.05, 0) is 24.3 Å². The number of halogens is 3. The summed E-state index contributed by atoms with van der Waals surface area (Å²) >= 11 is 0. The third kappa shape index (κ3) is 3.50. The van der Waals surface area contributed by atoms with Crippen molar-refractivity contribution in [3.63, 3.8) is 0 Å². The first kappa shape index (κ1) is 15.1. The van der Waals surface area contributed by atoms with Crippen molar-refractivity contribution in [3.05, 3.63) is 66.1 Å². The first-order chi connectivity index (χ1) is 11.1. The van der Waals surface area contributed by atoms with E-state index in [0.717, 1.165) is 17.9 Å². The highest BCUT2D eigenvalue weighted by Crippen LogP contribution is 2.21. The molecule has 0 spiro atoms. The predicted molar refractivity (Wildman–Crippen MR) is 77.3 cm³/mol. The average molecular weight is 319 g/mol. The van der Waals surface area contributed by atoms with Crippen LogP contribution in [0, 0.1) is 17.5 Å². The minimum atomic E-state index is -1.50. The smallest absolute Gasteiger partial charge is 0.194 e. The summed E-state index contributed by atoms with van der Waals surface area (Å²) in [5, 5.41) is 7.68. The Labute approximate surface area is 130 Å². The second-order valence-corrected chi connectivity index (χ2v) is 4.78. The van der Waals surface area contributed by atoms with E-state index < -0.39 is 17.5 Å². The molecule has 3 rings (SSSR count). The zero-order valence-corrected chi connectivity index (χ0v) is 11.9. The van der Waals surface area contributed by atoms with E-state index in [1.807, 2.05) is 30.3 Å². The van der Waals surface area contributed by atoms with E-state index in [1.165, 1.54) is 10.9 Å². The van der Waals surface area contributed by atoms with Crippen molar-refractivity contribution in [2.45, 2.75) is 6.54 Å². The fourth-order valence-corrected chi connectivity index (χ4v) is 2.02. The van der Waals surface area contributed by atoms with Crippen molar-refractivity contribution in [1.82, 2.24) is 15.0 Å². The van der Waals surface area contributed by atoms with Gasteiger partial charge < -0.3 is 4.74 Å². The SMILES string of the molecule is Fc1cc(-c2cn(CCOc3ccccc3)nn2)cc(F)c1F. The zero-order valence-electron chi connectivity index (χ0n) is 11.9. The fourth-order valence-electron chi connectivity index (χ4n) is 2.02. The molecule has 118 valence electrons. The lowest BCUT2D eigenvalue weighted by atomic mass is 10.1. The van der Waals surface area contributed by atoms with Crippen LogP contribution in [0.2, 0.25) is 0 Å². The van der Waals surface area contributed by atoms with Crippen molar-refractivity contribution in [1.29, 1.82) is 0 Å². The van der Waals surface area contributed by atoms with Gasteiger partial charge in [-0.15, -0.1) is 5.10 Å². The lowest BCUT2D eigenvalue weighted by molar-refractivity contribution is 0.289. The third-order valence-corrected chi connectivity index (χ3v) is 3.15. The number of rotatable bonds is 5. The second-order valence-electron chi connectivity index (χ2n) is 4.78. The van der Waals surface area contributed by atoms with Crippen LogP contribution in [0.25, 0.3) is 11.3 Å². The molecule has 0 saturated carbocycles. The first-order valence-corrected chi connectivity index (χ1v) is 6.86. The Hall–Kier alpha value is -2.83. The van der Waals surface area contributed by atoms with E-state index in [1.54, 1.807) is 0 Å². The minimum Gasteiger partial charge on any atom is -0.492 e. The molecule has 23 heavy (non-hydrogen) atoms. The van der Waals surface area contributed by atoms with Gasteiger partial charge in [-0.2, -0.15) is 0 Å². The Morgan fingerprint density at radius 1 is 1.00 bits per heavy atom. The summed E-state index contributed by atoms with van der Waals surface area (Å²) in [6, 6.07) is 11.0. The van der Waals surface area contributed by atoms with Gasteiger partial charge in [0.2, 0.25) is 0 Å². The van der Waals surface area contributed by atoms with Gasteiger partial charge in [0, 0.05) is 5.56 Å². The van der Waals surface area contributed by atoms with Gasteiger partial charge in [-0.1, -0.05) is 23.4 Å². The van der Waals surface area contributed by atoms with Crippen LogP contribution in [0.3, 0.4) is 0 Å². The van der Waals surface area contributed by atoms with Crippen LogP contribution in [0.15, 0.2) is 48.7 Å². The standard InChI is InChI=1S/C16H12F3N3O/c17-13-8-11(9-14(18)16(13)19)15-10-22(21-20-15)6-7-23-12-4-2-1-3-5-12/h1-5,8-10H,6-7H2. The highest BCUT2D eigenvalue weighted by molar-refractivity contribution is 5.57. The van der Waals surface area contributed by atoms with Gasteiger partial charge in [-0.3, -0.25) is 0 Å². The van der Waals surface area contributed by atoms with Gasteiger partial charge in [-0.25, -0.2) is 17.9 Å². The summed E-state index contributed by atoms with van der Waals surface area (Å²) in [5.41, 5.74) is 0.374. The molecular formula is C16H12F3N3O. The molecule has 0 atom stereocenters. The maximum Gasteiger partial charge on any atom is 0.194 e. The lowest BCUT2D eigenvalue weighted by Crippen LogP contribution is -2.08. The number of aromatic nitrogens is 3. The molecule has 1 aromatic heterocycles. The molecule has 4 nitrogen and oxygen atoms in total. The van der Waals surface area contributed by atoms with Crippen molar-refractivity contribution < 1.29 is 17.9 Å². The van der Waals surface area contributed by atoms with Crippen LogP contribution in [-0.2, 0) is 6.54 Å². The van der Waals surface area contributed by atoms with Gasteiger partial charge >= 0.3 is 0 Å². The van der Waals surface area contributed by atoms with Gasteiger partial charge in [0.25, 0.3) is 0 Å². The van der Waals surface area contributed by atoms with Crippen LogP contribution < -0.4 is 4.74 Å². The summed E-state index contributed by atoms with van der Waals surface area (Å²) in [6.45, 7) is 0.771. The molecule has 3 aromatic rings. The number of hydrogen-bond acceptors (Lipinski definition) is 3. The largest absolute Gasteiger partial charge is 0.492 e. The van der Waals surface area contributed by atoms with Crippen molar-refractivity contribution in [2.24, 2.45) is 0 Å². The lowest BCUT2D eigenvalue weighted by Gasteiger charge is -2.05. The van der Waals surface area contributed by atoms with E-state index in [-0.39, 0.29) is 11.3 Å². The predicted octanol–water partition coefficient (Wildman–Crippen LogP) is 3.44. The van der Waals surface area contributed by atoms with E-state index in [0.29, 0.717) is 13.2 Å². The van der Waals surface area contributed by atoms with E-state index in [4.69, 9.17) is 4.74 Å². The Balaban J connectivity index is 1.66. The fraction of sp³-hybridized carbons (Fsp3) is 0.125. The first-order valence-electron chi connectivity index (χ1n) is 6.86. The van der Waals surface area contributed by atoms with Crippen molar-refractivity contribution >= 4 is 0 Å². The van der Waals surface area contributed by atoms with E-state index in [2.05, 4.69) is 10.3 Å². The van der Waals surface area contributed by atoms with Crippen LogP contribution in [0.4, 0.5) is 13.2 Å². The zero-order chi connectivity index (χ0) is 16.2. The molecule has 0 radical (unpaired) electrons. The van der Waals surface area contributed by atoms with Crippen molar-refractivity contribution in [2.75, 3.05) is 6.61 Å². The average Bonchev–Trinajstić information content (AvgIpc) is 3.02. The Kier molecular flexibility index (Phi) is 4.27. The molecule has 0 amide bonds. The molecule has 0 bridgehead atoms. The Morgan fingerprint density at radius 2 is 1.70 bits per heavy atom. The minimum absolute atomic E-state index is 0.122. The molecule has 7 heteroatoms. The van der Waals surface area contributed by atoms with Crippen LogP contribution >= 0.6 is 0 Å². The number of hydrogen-bond donors (Lipinski definition) is 0. The maximum atomic E-state index is 13.2. The second kappa shape index (κ2) is 6.51. The van der Waals surface area contributed by atoms with Crippen LogP contribution in [0.5, 0.6) is 5.75 Å². The molecule has 0 aliphatic rings. The maximum absolute atomic E-state index is 13.2. The summed E-state index contributed by atoms with van der Waals surface area (Å²) in [7, 11) is 0. The number of nitrogens with zero attached hydrogens (tertiary/aromatic N) is 3. The number of benzene rings is 2. The number of para-hydroxylation sites is 1. The molecular weight excluding hydrogens is 307 g/mol. The van der Waals surface area contributed by atoms with E-state index in [9.17, 15) is 13.2 Å². The highest BCUT2D eigenvalue weighted by atomic mass is 19.2. The molecule has 0 unspecified atom stereocenters. The summed E-state index contributed by atoms with van der Waals surface area (Å²) in [5.74, 6) is -3.29. The molecule has 0 saturated heterocycles.